The first-order valence-electron chi connectivity index (χ1n) is 6.16. The number of rotatable bonds is 6. The monoisotopic (exact) mass is 238 g/mol. The van der Waals surface area contributed by atoms with Crippen molar-refractivity contribution in [2.45, 2.75) is 51.2 Å². The van der Waals surface area contributed by atoms with Gasteiger partial charge in [-0.15, -0.1) is 0 Å². The molecule has 0 aromatic carbocycles. The van der Waals surface area contributed by atoms with E-state index in [1.165, 1.54) is 24.6 Å². The predicted molar refractivity (Wildman–Crippen MR) is 68.3 cm³/mol. The van der Waals surface area contributed by atoms with Crippen LogP contribution in [0.5, 0.6) is 0 Å². The van der Waals surface area contributed by atoms with Crippen LogP contribution in [0.3, 0.4) is 0 Å². The molecule has 1 aromatic heterocycles. The average Bonchev–Trinajstić information content (AvgIpc) is 2.92. The molecule has 0 N–H and O–H groups in total. The second kappa shape index (κ2) is 4.71. The normalized spacial score (nSPS) is 16.7. The highest BCUT2D eigenvalue weighted by molar-refractivity contribution is 6.76. The Hall–Kier alpha value is -0.613. The van der Waals surface area contributed by atoms with Crippen molar-refractivity contribution in [1.29, 1.82) is 0 Å². The lowest BCUT2D eigenvalue weighted by molar-refractivity contribution is 0.0765. The molecule has 0 atom stereocenters. The third-order valence-electron chi connectivity index (χ3n) is 2.95. The van der Waals surface area contributed by atoms with Gasteiger partial charge in [-0.1, -0.05) is 19.6 Å². The molecule has 1 aliphatic rings. The van der Waals surface area contributed by atoms with Crippen molar-refractivity contribution in [3.05, 3.63) is 18.0 Å². The summed E-state index contributed by atoms with van der Waals surface area (Å²) in [6.45, 7) is 8.63. The Morgan fingerprint density at radius 3 is 2.81 bits per heavy atom. The quantitative estimate of drug-likeness (QED) is 0.562. The molecule has 1 fully saturated rings. The van der Waals surface area contributed by atoms with E-state index in [4.69, 9.17) is 4.74 Å². The molecule has 0 bridgehead atoms. The van der Waals surface area contributed by atoms with Crippen LogP contribution in [0.1, 0.15) is 24.5 Å². The van der Waals surface area contributed by atoms with Gasteiger partial charge in [-0.2, -0.15) is 5.10 Å². The number of nitrogens with zero attached hydrogens (tertiary/aromatic N) is 2. The number of hydrogen-bond acceptors (Lipinski definition) is 2. The highest BCUT2D eigenvalue weighted by Crippen LogP contribution is 2.39. The minimum Gasteiger partial charge on any atom is -0.360 e. The highest BCUT2D eigenvalue weighted by atomic mass is 28.3. The summed E-state index contributed by atoms with van der Waals surface area (Å²) in [6, 6.07) is 3.35. The Morgan fingerprint density at radius 2 is 2.19 bits per heavy atom. The molecule has 0 aliphatic heterocycles. The van der Waals surface area contributed by atoms with Gasteiger partial charge < -0.3 is 4.74 Å². The molecule has 1 aromatic rings. The molecule has 0 unspecified atom stereocenters. The standard InChI is InChI=1S/C12H22N2OSi/c1-16(2,3)9-8-15-10-14-12(6-7-13-14)11-4-5-11/h6-7,11H,4-5,8-10H2,1-3H3. The van der Waals surface area contributed by atoms with Gasteiger partial charge in [-0.25, -0.2) is 4.68 Å². The summed E-state index contributed by atoms with van der Waals surface area (Å²) in [5.74, 6) is 0.753. The van der Waals surface area contributed by atoms with Crippen LogP contribution in [0.2, 0.25) is 25.7 Å². The second-order valence-electron chi connectivity index (χ2n) is 5.88. The Labute approximate surface area is 98.8 Å². The molecule has 1 saturated carbocycles. The minimum absolute atomic E-state index is 0.628. The zero-order valence-electron chi connectivity index (χ0n) is 10.6. The van der Waals surface area contributed by atoms with Crippen molar-refractivity contribution >= 4 is 8.07 Å². The van der Waals surface area contributed by atoms with Crippen molar-refractivity contribution in [1.82, 2.24) is 9.78 Å². The SMILES string of the molecule is C[Si](C)(C)CCOCn1nccc1C1CC1. The van der Waals surface area contributed by atoms with Crippen molar-refractivity contribution in [3.8, 4) is 0 Å². The average molecular weight is 238 g/mol. The predicted octanol–water partition coefficient (Wildman–Crippen LogP) is 3.07. The Kier molecular flexibility index (Phi) is 3.49. The maximum atomic E-state index is 5.71. The van der Waals surface area contributed by atoms with Gasteiger partial charge in [0.25, 0.3) is 0 Å². The van der Waals surface area contributed by atoms with Crippen LogP contribution in [-0.2, 0) is 11.5 Å². The van der Waals surface area contributed by atoms with Crippen LogP contribution in [0.25, 0.3) is 0 Å². The van der Waals surface area contributed by atoms with Crippen molar-refractivity contribution in [2.75, 3.05) is 6.61 Å². The summed E-state index contributed by atoms with van der Waals surface area (Å²) in [4.78, 5) is 0. The molecule has 0 amide bonds. The van der Waals surface area contributed by atoms with Gasteiger partial charge in [0.15, 0.2) is 0 Å². The van der Waals surface area contributed by atoms with Crippen LogP contribution in [-0.4, -0.2) is 24.5 Å². The van der Waals surface area contributed by atoms with E-state index in [1.54, 1.807) is 0 Å². The zero-order chi connectivity index (χ0) is 11.6. The van der Waals surface area contributed by atoms with Gasteiger partial charge in [0.1, 0.15) is 6.73 Å². The van der Waals surface area contributed by atoms with Crippen LogP contribution in [0.15, 0.2) is 12.3 Å². The van der Waals surface area contributed by atoms with Crippen LogP contribution in [0.4, 0.5) is 0 Å². The van der Waals surface area contributed by atoms with E-state index < -0.39 is 8.07 Å². The molecule has 16 heavy (non-hydrogen) atoms. The molecule has 3 nitrogen and oxygen atoms in total. The van der Waals surface area contributed by atoms with Crippen molar-refractivity contribution in [2.24, 2.45) is 0 Å². The van der Waals surface area contributed by atoms with Gasteiger partial charge in [0.05, 0.1) is 0 Å². The highest BCUT2D eigenvalue weighted by Gasteiger charge is 2.26. The van der Waals surface area contributed by atoms with Gasteiger partial charge in [0.2, 0.25) is 0 Å². The molecule has 1 aliphatic carbocycles. The summed E-state index contributed by atoms with van der Waals surface area (Å²) in [6.07, 6.45) is 4.52. The van der Waals surface area contributed by atoms with E-state index in [2.05, 4.69) is 30.8 Å². The lowest BCUT2D eigenvalue weighted by atomic mass is 10.3. The maximum absolute atomic E-state index is 5.71. The maximum Gasteiger partial charge on any atom is 0.139 e. The molecule has 0 spiro atoms. The zero-order valence-corrected chi connectivity index (χ0v) is 11.6. The van der Waals surface area contributed by atoms with Gasteiger partial charge in [-0.05, 0) is 25.0 Å². The number of aromatic nitrogens is 2. The Balaban J connectivity index is 1.74. The summed E-state index contributed by atoms with van der Waals surface area (Å²) < 4.78 is 7.72. The van der Waals surface area contributed by atoms with Crippen LogP contribution < -0.4 is 0 Å². The fourth-order valence-corrected chi connectivity index (χ4v) is 2.46. The van der Waals surface area contributed by atoms with E-state index in [9.17, 15) is 0 Å². The second-order valence-corrected chi connectivity index (χ2v) is 11.5. The number of ether oxygens (including phenoxy) is 1. The first-order chi connectivity index (χ1) is 7.56. The van der Waals surface area contributed by atoms with Crippen molar-refractivity contribution in [3.63, 3.8) is 0 Å². The lowest BCUT2D eigenvalue weighted by Crippen LogP contribution is -2.22. The molecule has 4 heteroatoms. The van der Waals surface area contributed by atoms with Gasteiger partial charge >= 0.3 is 0 Å². The Morgan fingerprint density at radius 1 is 1.44 bits per heavy atom. The summed E-state index contributed by atoms with van der Waals surface area (Å²) in [7, 11) is -0.957. The summed E-state index contributed by atoms with van der Waals surface area (Å²) >= 11 is 0. The molecule has 90 valence electrons. The molecule has 0 saturated heterocycles. The minimum atomic E-state index is -0.957. The fourth-order valence-electron chi connectivity index (χ4n) is 1.71. The number of hydrogen-bond donors (Lipinski definition) is 0. The van der Waals surface area contributed by atoms with E-state index >= 15 is 0 Å². The topological polar surface area (TPSA) is 27.1 Å². The molecular weight excluding hydrogens is 216 g/mol. The van der Waals surface area contributed by atoms with Crippen molar-refractivity contribution < 1.29 is 4.74 Å². The van der Waals surface area contributed by atoms with Gasteiger partial charge in [-0.3, -0.25) is 0 Å². The van der Waals surface area contributed by atoms with Crippen LogP contribution >= 0.6 is 0 Å². The van der Waals surface area contributed by atoms with Gasteiger partial charge in [0, 0.05) is 32.5 Å². The first-order valence-corrected chi connectivity index (χ1v) is 9.86. The molecule has 0 radical (unpaired) electrons. The van der Waals surface area contributed by atoms with Crippen LogP contribution in [0, 0.1) is 0 Å². The molecular formula is C12H22N2OSi. The summed E-state index contributed by atoms with van der Waals surface area (Å²) in [5, 5.41) is 4.31. The molecule has 1 heterocycles. The van der Waals surface area contributed by atoms with E-state index in [0.717, 1.165) is 12.5 Å². The fraction of sp³-hybridized carbons (Fsp3) is 0.750. The molecule has 2 rings (SSSR count). The third-order valence-corrected chi connectivity index (χ3v) is 4.66. The Bertz CT molecular complexity index is 339. The third kappa shape index (κ3) is 3.45. The van der Waals surface area contributed by atoms with E-state index in [1.807, 2.05) is 10.9 Å². The lowest BCUT2D eigenvalue weighted by Gasteiger charge is -2.15. The first kappa shape index (κ1) is 11.9. The summed E-state index contributed by atoms with van der Waals surface area (Å²) in [5.41, 5.74) is 1.35. The van der Waals surface area contributed by atoms with E-state index in [0.29, 0.717) is 6.73 Å². The largest absolute Gasteiger partial charge is 0.360 e. The van der Waals surface area contributed by atoms with E-state index in [-0.39, 0.29) is 0 Å². The smallest absolute Gasteiger partial charge is 0.139 e.